The number of ether oxygens (including phenoxy) is 1. The van der Waals surface area contributed by atoms with E-state index in [1.54, 1.807) is 11.8 Å². The van der Waals surface area contributed by atoms with Crippen LogP contribution in [0.4, 0.5) is 0 Å². The Morgan fingerprint density at radius 2 is 1.28 bits per heavy atom. The maximum Gasteiger partial charge on any atom is 0.148 e. The minimum atomic E-state index is 0.968. The van der Waals surface area contributed by atoms with Crippen LogP contribution in [0.3, 0.4) is 0 Å². The third-order valence-electron chi connectivity index (χ3n) is 2.88. The third kappa shape index (κ3) is 2.07. The molecule has 92 valence electrons. The van der Waals surface area contributed by atoms with Gasteiger partial charge in [0.25, 0.3) is 0 Å². The highest BCUT2D eigenvalue weighted by atomic mass is 32.2. The molecule has 1 nitrogen and oxygen atoms in total. The molecule has 18 heavy (non-hydrogen) atoms. The molecule has 1 aliphatic rings. The summed E-state index contributed by atoms with van der Waals surface area (Å²) in [6.45, 7) is 4.22. The van der Waals surface area contributed by atoms with Crippen molar-refractivity contribution < 1.29 is 4.74 Å². The van der Waals surface area contributed by atoms with Crippen molar-refractivity contribution in [3.63, 3.8) is 0 Å². The molecule has 2 aromatic rings. The predicted octanol–water partition coefficient (Wildman–Crippen LogP) is 3.56. The van der Waals surface area contributed by atoms with Crippen molar-refractivity contribution in [1.82, 2.24) is 0 Å². The van der Waals surface area contributed by atoms with Crippen LogP contribution < -0.4 is 15.3 Å². The van der Waals surface area contributed by atoms with Gasteiger partial charge < -0.3 is 4.74 Å². The molecular weight excluding hydrogens is 278 g/mol. The molecule has 2 atom stereocenters. The van der Waals surface area contributed by atoms with Gasteiger partial charge >= 0.3 is 0 Å². The number of hydrogen-bond acceptors (Lipinski definition) is 2. The zero-order valence-corrected chi connectivity index (χ0v) is 13.4. The highest BCUT2D eigenvalue weighted by Gasteiger charge is 2.21. The first kappa shape index (κ1) is 12.5. The van der Waals surface area contributed by atoms with E-state index in [9.17, 15) is 0 Å². The van der Waals surface area contributed by atoms with Gasteiger partial charge in [-0.1, -0.05) is 11.8 Å². The standard InChI is InChI=1S/C14H14OP2S/c1-7-3-9(16)13-11(5-7)18-12-6-8(2)4-10(17)14(12)15-13/h3-6H,16-17H2,1-2H3. The van der Waals surface area contributed by atoms with Gasteiger partial charge in [-0.15, -0.1) is 18.5 Å². The van der Waals surface area contributed by atoms with Crippen molar-refractivity contribution in [2.24, 2.45) is 0 Å². The molecule has 1 heterocycles. The molecule has 0 aromatic heterocycles. The van der Waals surface area contributed by atoms with E-state index in [4.69, 9.17) is 4.74 Å². The van der Waals surface area contributed by atoms with Gasteiger partial charge in [-0.2, -0.15) is 0 Å². The molecule has 0 saturated carbocycles. The highest BCUT2D eigenvalue weighted by Crippen LogP contribution is 2.46. The maximum absolute atomic E-state index is 6.09. The summed E-state index contributed by atoms with van der Waals surface area (Å²) < 4.78 is 6.09. The van der Waals surface area contributed by atoms with Crippen molar-refractivity contribution in [3.8, 4) is 11.5 Å². The molecule has 0 saturated heterocycles. The lowest BCUT2D eigenvalue weighted by Gasteiger charge is -2.23. The average molecular weight is 292 g/mol. The molecule has 1 aliphatic heterocycles. The van der Waals surface area contributed by atoms with Crippen LogP contribution in [0.15, 0.2) is 34.1 Å². The van der Waals surface area contributed by atoms with E-state index in [2.05, 4.69) is 56.6 Å². The molecule has 0 aliphatic carbocycles. The van der Waals surface area contributed by atoms with E-state index < -0.39 is 0 Å². The fourth-order valence-corrected chi connectivity index (χ4v) is 4.52. The molecule has 4 heteroatoms. The van der Waals surface area contributed by atoms with E-state index in [0.29, 0.717) is 0 Å². The van der Waals surface area contributed by atoms with Crippen LogP contribution in [0.2, 0.25) is 0 Å². The smallest absolute Gasteiger partial charge is 0.148 e. The molecule has 0 N–H and O–H groups in total. The van der Waals surface area contributed by atoms with Gasteiger partial charge in [0.2, 0.25) is 0 Å². The van der Waals surface area contributed by atoms with Crippen LogP contribution >= 0.6 is 30.2 Å². The average Bonchev–Trinajstić information content (AvgIpc) is 2.26. The van der Waals surface area contributed by atoms with Gasteiger partial charge in [0, 0.05) is 10.6 Å². The Kier molecular flexibility index (Phi) is 3.14. The number of aryl methyl sites for hydroxylation is 2. The fourth-order valence-electron chi connectivity index (χ4n) is 2.12. The Balaban J connectivity index is 2.18. The van der Waals surface area contributed by atoms with E-state index in [1.165, 1.54) is 20.9 Å². The SMILES string of the molecule is Cc1cc(P)c2c(c1)Sc1cc(C)cc(P)c1O2. The van der Waals surface area contributed by atoms with Gasteiger partial charge in [0.05, 0.1) is 9.79 Å². The quantitative estimate of drug-likeness (QED) is 0.586. The molecule has 2 unspecified atom stereocenters. The van der Waals surface area contributed by atoms with Gasteiger partial charge in [0.1, 0.15) is 11.5 Å². The molecule has 0 amide bonds. The summed E-state index contributed by atoms with van der Waals surface area (Å²) in [5.74, 6) is 1.94. The second kappa shape index (κ2) is 4.53. The first-order chi connectivity index (χ1) is 8.54. The van der Waals surface area contributed by atoms with E-state index in [-0.39, 0.29) is 0 Å². The minimum Gasteiger partial charge on any atom is -0.454 e. The number of hydrogen-bond donors (Lipinski definition) is 0. The van der Waals surface area contributed by atoms with Crippen molar-refractivity contribution in [3.05, 3.63) is 35.4 Å². The second-order valence-corrected chi connectivity index (χ2v) is 6.89. The largest absolute Gasteiger partial charge is 0.454 e. The van der Waals surface area contributed by atoms with Gasteiger partial charge in [0.15, 0.2) is 0 Å². The van der Waals surface area contributed by atoms with Crippen molar-refractivity contribution in [2.75, 3.05) is 0 Å². The lowest BCUT2D eigenvalue weighted by molar-refractivity contribution is 0.462. The van der Waals surface area contributed by atoms with Gasteiger partial charge in [-0.05, 0) is 49.2 Å². The summed E-state index contributed by atoms with van der Waals surface area (Å²) in [4.78, 5) is 2.39. The van der Waals surface area contributed by atoms with E-state index >= 15 is 0 Å². The molecule has 0 spiro atoms. The minimum absolute atomic E-state index is 0.968. The first-order valence-corrected chi connectivity index (χ1v) is 7.67. The summed E-state index contributed by atoms with van der Waals surface area (Å²) >= 11 is 1.79. The molecule has 2 aromatic carbocycles. The Labute approximate surface area is 116 Å². The predicted molar refractivity (Wildman–Crippen MR) is 85.2 cm³/mol. The molecule has 0 bridgehead atoms. The lowest BCUT2D eigenvalue weighted by Crippen LogP contribution is -2.10. The van der Waals surface area contributed by atoms with E-state index in [0.717, 1.165) is 22.1 Å². The van der Waals surface area contributed by atoms with Crippen molar-refractivity contribution in [2.45, 2.75) is 23.6 Å². The molecule has 0 radical (unpaired) electrons. The molecular formula is C14H14OP2S. The lowest BCUT2D eigenvalue weighted by atomic mass is 10.2. The molecule has 0 fully saturated rings. The zero-order valence-electron chi connectivity index (χ0n) is 10.3. The Morgan fingerprint density at radius 3 is 1.72 bits per heavy atom. The van der Waals surface area contributed by atoms with Crippen LogP contribution in [-0.2, 0) is 0 Å². The number of fused-ring (bicyclic) bond motifs is 2. The summed E-state index contributed by atoms with van der Waals surface area (Å²) in [6.07, 6.45) is 0. The Bertz CT molecular complexity index is 597. The van der Waals surface area contributed by atoms with Crippen LogP contribution in [0.5, 0.6) is 11.5 Å². The zero-order chi connectivity index (χ0) is 12.9. The van der Waals surface area contributed by atoms with Crippen LogP contribution in [0, 0.1) is 13.8 Å². The Morgan fingerprint density at radius 1 is 0.833 bits per heavy atom. The third-order valence-corrected chi connectivity index (χ3v) is 4.78. The summed E-state index contributed by atoms with van der Waals surface area (Å²) in [5.41, 5.74) is 2.52. The van der Waals surface area contributed by atoms with Crippen molar-refractivity contribution >= 4 is 40.9 Å². The normalized spacial score (nSPS) is 12.7. The maximum atomic E-state index is 6.09. The number of rotatable bonds is 0. The van der Waals surface area contributed by atoms with Crippen LogP contribution in [-0.4, -0.2) is 0 Å². The summed E-state index contributed by atoms with van der Waals surface area (Å²) in [6, 6.07) is 8.63. The molecule has 3 rings (SSSR count). The van der Waals surface area contributed by atoms with Gasteiger partial charge in [-0.3, -0.25) is 0 Å². The topological polar surface area (TPSA) is 9.23 Å². The van der Waals surface area contributed by atoms with E-state index in [1.807, 2.05) is 0 Å². The second-order valence-electron chi connectivity index (χ2n) is 4.57. The van der Waals surface area contributed by atoms with Gasteiger partial charge in [-0.25, -0.2) is 0 Å². The fraction of sp³-hybridized carbons (Fsp3) is 0.143. The summed E-state index contributed by atoms with van der Waals surface area (Å²) in [5, 5.41) is 2.24. The van der Waals surface area contributed by atoms with Crippen LogP contribution in [0.25, 0.3) is 0 Å². The Hall–Kier alpha value is -0.550. The summed E-state index contributed by atoms with van der Waals surface area (Å²) in [7, 11) is 5.52. The monoisotopic (exact) mass is 292 g/mol. The highest BCUT2D eigenvalue weighted by molar-refractivity contribution is 7.99. The van der Waals surface area contributed by atoms with Crippen molar-refractivity contribution in [1.29, 1.82) is 0 Å². The van der Waals surface area contributed by atoms with Crippen LogP contribution in [0.1, 0.15) is 11.1 Å². The first-order valence-electron chi connectivity index (χ1n) is 5.70. The number of benzene rings is 2.